The molecular weight excluding hydrogens is 268 g/mol. The second-order valence-corrected chi connectivity index (χ2v) is 6.24. The minimum Gasteiger partial charge on any atom is -0.481 e. The molecule has 3 rings (SSSR count). The van der Waals surface area contributed by atoms with Gasteiger partial charge in [-0.2, -0.15) is 0 Å². The third-order valence-electron chi connectivity index (χ3n) is 4.87. The van der Waals surface area contributed by atoms with Crippen LogP contribution in [0.5, 0.6) is 0 Å². The number of carbonyl (C=O) groups excluding carboxylic acids is 1. The molecule has 2 aliphatic rings. The first-order valence-electron chi connectivity index (χ1n) is 7.36. The van der Waals surface area contributed by atoms with Gasteiger partial charge in [0.2, 0.25) is 0 Å². The Bertz CT molecular complexity index is 562. The van der Waals surface area contributed by atoms with E-state index in [1.807, 2.05) is 24.3 Å². The van der Waals surface area contributed by atoms with Crippen LogP contribution in [0, 0.1) is 5.41 Å². The lowest BCUT2D eigenvalue weighted by molar-refractivity contribution is -0.148. The highest BCUT2D eigenvalue weighted by Crippen LogP contribution is 2.38. The normalized spacial score (nSPS) is 27.5. The van der Waals surface area contributed by atoms with Crippen LogP contribution in [0.15, 0.2) is 24.3 Å². The van der Waals surface area contributed by atoms with Gasteiger partial charge in [-0.25, -0.2) is 4.79 Å². The van der Waals surface area contributed by atoms with E-state index in [-0.39, 0.29) is 12.1 Å². The number of carboxylic acids is 1. The van der Waals surface area contributed by atoms with Crippen LogP contribution in [0.1, 0.15) is 37.3 Å². The van der Waals surface area contributed by atoms with Crippen LogP contribution >= 0.6 is 0 Å². The summed E-state index contributed by atoms with van der Waals surface area (Å²) in [5, 5.41) is 12.3. The summed E-state index contributed by atoms with van der Waals surface area (Å²) >= 11 is 0. The number of carboxylic acid groups (broad SMARTS) is 1. The molecule has 5 nitrogen and oxygen atoms in total. The first-order valence-corrected chi connectivity index (χ1v) is 7.36. The number of hydrogen-bond donors (Lipinski definition) is 2. The van der Waals surface area contributed by atoms with Crippen molar-refractivity contribution in [1.29, 1.82) is 0 Å². The van der Waals surface area contributed by atoms with Crippen molar-refractivity contribution in [2.45, 2.75) is 45.3 Å². The zero-order valence-corrected chi connectivity index (χ0v) is 12.1. The number of aliphatic carboxylic acids is 1. The van der Waals surface area contributed by atoms with Crippen LogP contribution in [0.2, 0.25) is 0 Å². The van der Waals surface area contributed by atoms with E-state index in [1.165, 1.54) is 11.1 Å². The quantitative estimate of drug-likeness (QED) is 0.877. The Kier molecular flexibility index (Phi) is 3.35. The molecule has 0 radical (unpaired) electrons. The zero-order valence-electron chi connectivity index (χ0n) is 12.1. The SMILES string of the molecule is CC1(C(=O)O)CCCC1NC(=O)N1Cc2ccccc2C1. The maximum Gasteiger partial charge on any atom is 0.318 e. The first kappa shape index (κ1) is 13.9. The summed E-state index contributed by atoms with van der Waals surface area (Å²) in [7, 11) is 0. The largest absolute Gasteiger partial charge is 0.481 e. The standard InChI is InChI=1S/C16H20N2O3/c1-16(14(19)20)8-4-7-13(16)17-15(21)18-9-11-5-2-3-6-12(11)10-18/h2-3,5-6,13H,4,7-10H2,1H3,(H,17,21)(H,19,20). The number of amides is 2. The molecule has 1 aliphatic heterocycles. The summed E-state index contributed by atoms with van der Waals surface area (Å²) in [5.41, 5.74) is 1.49. The fourth-order valence-corrected chi connectivity index (χ4v) is 3.37. The fourth-order valence-electron chi connectivity index (χ4n) is 3.37. The Hall–Kier alpha value is -2.04. The van der Waals surface area contributed by atoms with Crippen molar-refractivity contribution >= 4 is 12.0 Å². The van der Waals surface area contributed by atoms with Crippen molar-refractivity contribution in [3.05, 3.63) is 35.4 Å². The van der Waals surface area contributed by atoms with Gasteiger partial charge in [-0.05, 0) is 30.9 Å². The Morgan fingerprint density at radius 3 is 2.48 bits per heavy atom. The van der Waals surface area contributed by atoms with E-state index in [4.69, 9.17) is 0 Å². The molecule has 2 amide bonds. The Labute approximate surface area is 123 Å². The topological polar surface area (TPSA) is 69.6 Å². The molecule has 2 atom stereocenters. The van der Waals surface area contributed by atoms with Gasteiger partial charge in [0.15, 0.2) is 0 Å². The smallest absolute Gasteiger partial charge is 0.318 e. The van der Waals surface area contributed by atoms with E-state index in [0.717, 1.165) is 12.8 Å². The molecule has 1 saturated carbocycles. The highest BCUT2D eigenvalue weighted by Gasteiger charge is 2.46. The summed E-state index contributed by atoms with van der Waals surface area (Å²) in [5.74, 6) is -0.824. The van der Waals surface area contributed by atoms with Crippen molar-refractivity contribution in [2.24, 2.45) is 5.41 Å². The summed E-state index contributed by atoms with van der Waals surface area (Å²) in [6.07, 6.45) is 2.19. The number of nitrogens with one attached hydrogen (secondary N) is 1. The van der Waals surface area contributed by atoms with Crippen LogP contribution in [0.3, 0.4) is 0 Å². The number of rotatable bonds is 2. The molecule has 1 heterocycles. The predicted octanol–water partition coefficient (Wildman–Crippen LogP) is 2.36. The van der Waals surface area contributed by atoms with Crippen molar-refractivity contribution in [2.75, 3.05) is 0 Å². The fraction of sp³-hybridized carbons (Fsp3) is 0.500. The lowest BCUT2D eigenvalue weighted by atomic mass is 9.85. The van der Waals surface area contributed by atoms with Gasteiger partial charge in [0.1, 0.15) is 0 Å². The zero-order chi connectivity index (χ0) is 15.0. The second kappa shape index (κ2) is 5.06. The van der Waals surface area contributed by atoms with Gasteiger partial charge in [-0.3, -0.25) is 4.79 Å². The van der Waals surface area contributed by atoms with E-state index in [9.17, 15) is 14.7 Å². The molecule has 2 N–H and O–H groups in total. The van der Waals surface area contributed by atoms with Gasteiger partial charge >= 0.3 is 12.0 Å². The predicted molar refractivity (Wildman–Crippen MR) is 77.6 cm³/mol. The molecule has 2 unspecified atom stereocenters. The molecule has 1 fully saturated rings. The Balaban J connectivity index is 1.67. The second-order valence-electron chi connectivity index (χ2n) is 6.24. The van der Waals surface area contributed by atoms with Crippen molar-refractivity contribution in [1.82, 2.24) is 10.2 Å². The van der Waals surface area contributed by atoms with Gasteiger partial charge in [-0.15, -0.1) is 0 Å². The molecule has 1 aliphatic carbocycles. The van der Waals surface area contributed by atoms with Gasteiger partial charge < -0.3 is 15.3 Å². The van der Waals surface area contributed by atoms with Crippen LogP contribution in [0.25, 0.3) is 0 Å². The monoisotopic (exact) mass is 288 g/mol. The molecule has 0 bridgehead atoms. The first-order chi connectivity index (χ1) is 10.0. The number of fused-ring (bicyclic) bond motifs is 1. The van der Waals surface area contributed by atoms with E-state index in [1.54, 1.807) is 11.8 Å². The average Bonchev–Trinajstić information content (AvgIpc) is 3.04. The highest BCUT2D eigenvalue weighted by molar-refractivity contribution is 5.79. The van der Waals surface area contributed by atoms with Crippen molar-refractivity contribution in [3.8, 4) is 0 Å². The van der Waals surface area contributed by atoms with Crippen LogP contribution < -0.4 is 5.32 Å². The lowest BCUT2D eigenvalue weighted by Crippen LogP contribution is -2.50. The Morgan fingerprint density at radius 2 is 1.90 bits per heavy atom. The molecule has 112 valence electrons. The summed E-state index contributed by atoms with van der Waals surface area (Å²) in [6, 6.07) is 7.55. The third kappa shape index (κ3) is 2.37. The summed E-state index contributed by atoms with van der Waals surface area (Å²) < 4.78 is 0. The molecule has 0 aromatic heterocycles. The molecular formula is C16H20N2O3. The Morgan fingerprint density at radius 1 is 1.29 bits per heavy atom. The van der Waals surface area contributed by atoms with Gasteiger partial charge in [-0.1, -0.05) is 30.7 Å². The maximum atomic E-state index is 12.4. The van der Waals surface area contributed by atoms with Gasteiger partial charge in [0.05, 0.1) is 5.41 Å². The number of hydrogen-bond acceptors (Lipinski definition) is 2. The minimum atomic E-state index is -0.845. The van der Waals surface area contributed by atoms with Crippen LogP contribution in [-0.4, -0.2) is 28.0 Å². The van der Waals surface area contributed by atoms with E-state index in [2.05, 4.69) is 5.32 Å². The number of urea groups is 1. The van der Waals surface area contributed by atoms with E-state index < -0.39 is 11.4 Å². The molecule has 0 saturated heterocycles. The number of carbonyl (C=O) groups is 2. The van der Waals surface area contributed by atoms with Gasteiger partial charge in [0, 0.05) is 19.1 Å². The lowest BCUT2D eigenvalue weighted by Gasteiger charge is -2.29. The molecule has 5 heteroatoms. The number of nitrogens with zero attached hydrogens (tertiary/aromatic N) is 1. The van der Waals surface area contributed by atoms with Crippen LogP contribution in [-0.2, 0) is 17.9 Å². The number of benzene rings is 1. The molecule has 21 heavy (non-hydrogen) atoms. The molecule has 0 spiro atoms. The summed E-state index contributed by atoms with van der Waals surface area (Å²) in [4.78, 5) is 25.6. The van der Waals surface area contributed by atoms with Gasteiger partial charge in [0.25, 0.3) is 0 Å². The average molecular weight is 288 g/mol. The highest BCUT2D eigenvalue weighted by atomic mass is 16.4. The van der Waals surface area contributed by atoms with Crippen molar-refractivity contribution in [3.63, 3.8) is 0 Å². The van der Waals surface area contributed by atoms with E-state index in [0.29, 0.717) is 19.5 Å². The molecule has 1 aromatic rings. The van der Waals surface area contributed by atoms with Crippen molar-refractivity contribution < 1.29 is 14.7 Å². The van der Waals surface area contributed by atoms with E-state index >= 15 is 0 Å². The maximum absolute atomic E-state index is 12.4. The van der Waals surface area contributed by atoms with Crippen LogP contribution in [0.4, 0.5) is 4.79 Å². The minimum absolute atomic E-state index is 0.162. The third-order valence-corrected chi connectivity index (χ3v) is 4.87. The molecule has 1 aromatic carbocycles. The summed E-state index contributed by atoms with van der Waals surface area (Å²) in [6.45, 7) is 2.92.